The zero-order chi connectivity index (χ0) is 19.2. The SMILES string of the molecule is CC1C=CC=C(C(=N)/C=C(\N)c2ccc3c(c2)C(C)(C)c2ccccc2-3)C1. The number of nitrogens with one attached hydrogen (secondary N) is 1. The van der Waals surface area contributed by atoms with Crippen LogP contribution in [0, 0.1) is 11.3 Å². The molecule has 0 aromatic heterocycles. The predicted octanol–water partition coefficient (Wildman–Crippen LogP) is 5.83. The van der Waals surface area contributed by atoms with Crippen molar-refractivity contribution in [2.75, 3.05) is 0 Å². The van der Waals surface area contributed by atoms with Gasteiger partial charge in [0.05, 0.1) is 5.71 Å². The molecule has 0 saturated heterocycles. The van der Waals surface area contributed by atoms with Gasteiger partial charge in [0.2, 0.25) is 0 Å². The number of nitrogens with two attached hydrogens (primary N) is 1. The number of hydrogen-bond donors (Lipinski definition) is 2. The van der Waals surface area contributed by atoms with Crippen molar-refractivity contribution < 1.29 is 0 Å². The Morgan fingerprint density at radius 2 is 1.85 bits per heavy atom. The van der Waals surface area contributed by atoms with Gasteiger partial charge in [-0.15, -0.1) is 0 Å². The monoisotopic (exact) mass is 354 g/mol. The lowest BCUT2D eigenvalue weighted by Gasteiger charge is -2.22. The zero-order valence-corrected chi connectivity index (χ0v) is 16.2. The first-order valence-electron chi connectivity index (χ1n) is 9.56. The molecule has 0 fully saturated rings. The smallest absolute Gasteiger partial charge is 0.0592 e. The summed E-state index contributed by atoms with van der Waals surface area (Å²) in [5.74, 6) is 0.472. The number of fused-ring (bicyclic) bond motifs is 3. The van der Waals surface area contributed by atoms with Gasteiger partial charge in [-0.05, 0) is 57.9 Å². The third-order valence-corrected chi connectivity index (χ3v) is 5.84. The highest BCUT2D eigenvalue weighted by Crippen LogP contribution is 2.48. The molecule has 4 rings (SSSR count). The minimum absolute atomic E-state index is 0.0398. The van der Waals surface area contributed by atoms with Gasteiger partial charge in [0.25, 0.3) is 0 Å². The van der Waals surface area contributed by atoms with Crippen LogP contribution in [0.25, 0.3) is 16.8 Å². The summed E-state index contributed by atoms with van der Waals surface area (Å²) in [5, 5.41) is 8.43. The second-order valence-corrected chi connectivity index (χ2v) is 8.20. The van der Waals surface area contributed by atoms with Crippen LogP contribution >= 0.6 is 0 Å². The van der Waals surface area contributed by atoms with Gasteiger partial charge in [-0.1, -0.05) is 75.4 Å². The second-order valence-electron chi connectivity index (χ2n) is 8.20. The van der Waals surface area contributed by atoms with E-state index in [1.54, 1.807) is 6.08 Å². The van der Waals surface area contributed by atoms with Crippen LogP contribution in [0.2, 0.25) is 0 Å². The van der Waals surface area contributed by atoms with E-state index < -0.39 is 0 Å². The Labute approximate surface area is 161 Å². The topological polar surface area (TPSA) is 49.9 Å². The molecule has 0 aliphatic heterocycles. The summed E-state index contributed by atoms with van der Waals surface area (Å²) in [6, 6.07) is 15.1. The molecular weight excluding hydrogens is 328 g/mol. The molecule has 2 heteroatoms. The van der Waals surface area contributed by atoms with Crippen LogP contribution in [0.5, 0.6) is 0 Å². The lowest BCUT2D eigenvalue weighted by molar-refractivity contribution is 0.660. The van der Waals surface area contributed by atoms with Gasteiger partial charge in [0.15, 0.2) is 0 Å². The number of hydrogen-bond acceptors (Lipinski definition) is 2. The molecule has 0 saturated carbocycles. The molecule has 2 nitrogen and oxygen atoms in total. The second kappa shape index (κ2) is 6.38. The van der Waals surface area contributed by atoms with Crippen molar-refractivity contribution in [3.63, 3.8) is 0 Å². The summed E-state index contributed by atoms with van der Waals surface area (Å²) in [4.78, 5) is 0. The van der Waals surface area contributed by atoms with Crippen LogP contribution in [0.1, 0.15) is 43.9 Å². The molecule has 0 bridgehead atoms. The molecule has 2 aliphatic carbocycles. The first-order chi connectivity index (χ1) is 12.9. The van der Waals surface area contributed by atoms with Gasteiger partial charge in [0, 0.05) is 11.1 Å². The molecule has 27 heavy (non-hydrogen) atoms. The van der Waals surface area contributed by atoms with Crippen molar-refractivity contribution in [1.82, 2.24) is 0 Å². The molecule has 0 heterocycles. The number of allylic oxidation sites excluding steroid dienone is 5. The molecule has 0 amide bonds. The van der Waals surface area contributed by atoms with E-state index >= 15 is 0 Å². The van der Waals surface area contributed by atoms with Crippen molar-refractivity contribution >= 4 is 11.4 Å². The fourth-order valence-corrected chi connectivity index (χ4v) is 4.26. The van der Waals surface area contributed by atoms with Crippen LogP contribution in [-0.4, -0.2) is 5.71 Å². The van der Waals surface area contributed by atoms with Crippen LogP contribution in [0.3, 0.4) is 0 Å². The third-order valence-electron chi connectivity index (χ3n) is 5.84. The van der Waals surface area contributed by atoms with E-state index in [0.717, 1.165) is 17.6 Å². The largest absolute Gasteiger partial charge is 0.398 e. The van der Waals surface area contributed by atoms with Crippen molar-refractivity contribution in [2.24, 2.45) is 11.7 Å². The molecule has 3 N–H and O–H groups in total. The Hall–Kier alpha value is -2.87. The van der Waals surface area contributed by atoms with E-state index in [1.165, 1.54) is 22.3 Å². The Balaban J connectivity index is 1.69. The lowest BCUT2D eigenvalue weighted by atomic mass is 9.82. The van der Waals surface area contributed by atoms with Gasteiger partial charge in [-0.25, -0.2) is 0 Å². The first kappa shape index (κ1) is 17.5. The number of benzene rings is 2. The minimum atomic E-state index is -0.0398. The van der Waals surface area contributed by atoms with Crippen molar-refractivity contribution in [3.05, 3.63) is 89.0 Å². The van der Waals surface area contributed by atoms with E-state index in [9.17, 15) is 0 Å². The van der Waals surface area contributed by atoms with Crippen molar-refractivity contribution in [2.45, 2.75) is 32.6 Å². The Kier molecular flexibility index (Phi) is 4.15. The van der Waals surface area contributed by atoms with Crippen molar-refractivity contribution in [3.8, 4) is 11.1 Å². The molecule has 2 aromatic carbocycles. The molecule has 1 atom stereocenters. The summed E-state index contributed by atoms with van der Waals surface area (Å²) in [7, 11) is 0. The molecule has 1 unspecified atom stereocenters. The standard InChI is InChI=1S/C25H26N2/c1-16-7-6-8-17(13-16)23(26)15-24(27)18-11-12-20-19-9-4-5-10-21(19)25(2,3)22(20)14-18/h4-12,14-16,26H,13,27H2,1-3H3/b24-15-,26-23?. The van der Waals surface area contributed by atoms with Crippen LogP contribution in [-0.2, 0) is 5.41 Å². The van der Waals surface area contributed by atoms with E-state index in [2.05, 4.69) is 69.3 Å². The fraction of sp³-hybridized carbons (Fsp3) is 0.240. The van der Waals surface area contributed by atoms with Gasteiger partial charge >= 0.3 is 0 Å². The summed E-state index contributed by atoms with van der Waals surface area (Å²) in [6.45, 7) is 6.71. The zero-order valence-electron chi connectivity index (χ0n) is 16.2. The maximum Gasteiger partial charge on any atom is 0.0592 e. The van der Waals surface area contributed by atoms with Crippen LogP contribution in [0.15, 0.2) is 72.3 Å². The van der Waals surface area contributed by atoms with E-state index in [0.29, 0.717) is 17.3 Å². The quantitative estimate of drug-likeness (QED) is 0.669. The highest BCUT2D eigenvalue weighted by Gasteiger charge is 2.35. The molecular formula is C25H26N2. The molecule has 0 radical (unpaired) electrons. The van der Waals surface area contributed by atoms with E-state index in [-0.39, 0.29) is 5.41 Å². The lowest BCUT2D eigenvalue weighted by Crippen LogP contribution is -2.15. The first-order valence-corrected chi connectivity index (χ1v) is 9.56. The summed E-state index contributed by atoms with van der Waals surface area (Å²) in [6.07, 6.45) is 8.93. The van der Waals surface area contributed by atoms with Gasteiger partial charge in [-0.2, -0.15) is 0 Å². The maximum atomic E-state index is 8.43. The third kappa shape index (κ3) is 2.95. The average molecular weight is 354 g/mol. The molecule has 2 aromatic rings. The van der Waals surface area contributed by atoms with Gasteiger partial charge < -0.3 is 11.1 Å². The van der Waals surface area contributed by atoms with Crippen LogP contribution < -0.4 is 5.73 Å². The summed E-state index contributed by atoms with van der Waals surface area (Å²) < 4.78 is 0. The molecule has 2 aliphatic rings. The van der Waals surface area contributed by atoms with E-state index in [1.807, 2.05) is 12.2 Å². The van der Waals surface area contributed by atoms with Gasteiger partial charge in [0.1, 0.15) is 0 Å². The highest BCUT2D eigenvalue weighted by atomic mass is 14.6. The Morgan fingerprint density at radius 1 is 1.11 bits per heavy atom. The highest BCUT2D eigenvalue weighted by molar-refractivity contribution is 6.10. The maximum absolute atomic E-state index is 8.43. The Bertz CT molecular complexity index is 1020. The van der Waals surface area contributed by atoms with E-state index in [4.69, 9.17) is 11.1 Å². The fourth-order valence-electron chi connectivity index (χ4n) is 4.26. The summed E-state index contributed by atoms with van der Waals surface area (Å²) in [5.41, 5.74) is 14.8. The normalized spacial score (nSPS) is 20.0. The predicted molar refractivity (Wildman–Crippen MR) is 115 cm³/mol. The van der Waals surface area contributed by atoms with Crippen LogP contribution in [0.4, 0.5) is 0 Å². The Morgan fingerprint density at radius 3 is 2.63 bits per heavy atom. The summed E-state index contributed by atoms with van der Waals surface area (Å²) >= 11 is 0. The molecule has 0 spiro atoms. The van der Waals surface area contributed by atoms with Gasteiger partial charge in [-0.3, -0.25) is 0 Å². The number of rotatable bonds is 3. The minimum Gasteiger partial charge on any atom is -0.398 e. The average Bonchev–Trinajstić information content (AvgIpc) is 2.89. The molecule has 136 valence electrons. The van der Waals surface area contributed by atoms with Crippen molar-refractivity contribution in [1.29, 1.82) is 5.41 Å².